The summed E-state index contributed by atoms with van der Waals surface area (Å²) in [5.74, 6) is 0.454. The third-order valence-electron chi connectivity index (χ3n) is 8.74. The zero-order valence-electron chi connectivity index (χ0n) is 37.8. The van der Waals surface area contributed by atoms with E-state index >= 15 is 0 Å². The molecule has 0 aliphatic heterocycles. The molecule has 4 aromatic heterocycles. The lowest BCUT2D eigenvalue weighted by Crippen LogP contribution is -2.29. The van der Waals surface area contributed by atoms with Gasteiger partial charge in [0, 0.05) is 120 Å². The Kier molecular flexibility index (Phi) is 37.8. The van der Waals surface area contributed by atoms with Gasteiger partial charge in [0.2, 0.25) is 9.23 Å². The molecule has 4 heterocycles. The molecule has 11 nitrogen and oxygen atoms in total. The topological polar surface area (TPSA) is 179 Å². The summed E-state index contributed by atoms with van der Waals surface area (Å²) in [4.78, 5) is 16.7. The predicted octanol–water partition coefficient (Wildman–Crippen LogP) is 13.8. The molecule has 0 aliphatic rings. The highest BCUT2D eigenvalue weighted by Gasteiger charge is 2.10. The largest absolute Gasteiger partial charge is 0.488 e. The van der Waals surface area contributed by atoms with Gasteiger partial charge < -0.3 is 30.1 Å². The SMILES string of the molecule is C.C.CO.COCc1cccnc1-c1cccc(Cl)c1.ClCc1cccnc1-c1cccc(Cl)c1.O=S(Cl)Cl.OB(O)c1cccc(Cl)c1.OCc1cccnc1-c1cccc(Cl)c1.OCc1cccnc1Cl. The molecule has 0 unspecified atom stereocenters. The summed E-state index contributed by atoms with van der Waals surface area (Å²) in [5, 5.41) is 45.0. The maximum Gasteiger partial charge on any atom is 0.488 e. The van der Waals surface area contributed by atoms with Crippen LogP contribution in [0.2, 0.25) is 25.2 Å². The average molecular weight is 1170 g/mol. The van der Waals surface area contributed by atoms with Crippen molar-refractivity contribution in [2.75, 3.05) is 14.2 Å². The Labute approximate surface area is 469 Å². The molecule has 390 valence electrons. The fourth-order valence-corrected chi connectivity index (χ4v) is 6.88. The average Bonchev–Trinajstić information content (AvgIpc) is 3.38. The van der Waals surface area contributed by atoms with Gasteiger partial charge in [-0.15, -0.1) is 11.6 Å². The van der Waals surface area contributed by atoms with Gasteiger partial charge >= 0.3 is 7.12 Å². The van der Waals surface area contributed by atoms with Gasteiger partial charge in [0.15, 0.2) is 0 Å². The van der Waals surface area contributed by atoms with Crippen molar-refractivity contribution in [3.63, 3.8) is 0 Å². The van der Waals surface area contributed by atoms with Gasteiger partial charge in [-0.3, -0.25) is 15.0 Å². The number of alkyl halides is 1. The molecule has 0 atom stereocenters. The van der Waals surface area contributed by atoms with Crippen molar-refractivity contribution in [2.24, 2.45) is 0 Å². The fourth-order valence-electron chi connectivity index (χ4n) is 5.71. The van der Waals surface area contributed by atoms with Gasteiger partial charge in [-0.25, -0.2) is 9.19 Å². The first-order chi connectivity index (χ1) is 34.2. The number of aliphatic hydroxyl groups excluding tert-OH is 3. The number of rotatable bonds is 9. The normalized spacial score (nSPS) is 9.53. The van der Waals surface area contributed by atoms with E-state index in [-0.39, 0.29) is 28.1 Å². The van der Waals surface area contributed by atoms with Crippen LogP contribution in [0.15, 0.2) is 170 Å². The molecule has 0 bridgehead atoms. The maximum absolute atomic E-state index is 9.18. The molecule has 0 radical (unpaired) electrons. The van der Waals surface area contributed by atoms with Crippen molar-refractivity contribution in [3.05, 3.63) is 218 Å². The van der Waals surface area contributed by atoms with E-state index in [0.717, 1.165) is 57.6 Å². The molecule has 0 aliphatic carbocycles. The minimum Gasteiger partial charge on any atom is -0.423 e. The van der Waals surface area contributed by atoms with Crippen molar-refractivity contribution < 1.29 is 34.3 Å². The molecule has 4 aromatic carbocycles. The van der Waals surface area contributed by atoms with Gasteiger partial charge in [-0.1, -0.05) is 146 Å². The number of aromatic nitrogens is 4. The van der Waals surface area contributed by atoms with Gasteiger partial charge in [0.25, 0.3) is 0 Å². The zero-order chi connectivity index (χ0) is 52.6. The molecule has 0 saturated heterocycles. The van der Waals surface area contributed by atoms with Crippen LogP contribution in [0.5, 0.6) is 0 Å². The number of ether oxygens (including phenoxy) is 1. The predicted molar refractivity (Wildman–Crippen MR) is 308 cm³/mol. The quantitative estimate of drug-likeness (QED) is 0.0402. The number of hydrogen-bond donors (Lipinski definition) is 5. The van der Waals surface area contributed by atoms with E-state index in [4.69, 9.17) is 98.8 Å². The standard InChI is InChI=1S/C13H12ClNO.C12H9Cl2N.C12H10ClNO.C6H6BClO2.C6H6ClNO.CH4O.2CH4.Cl2OS/c1-16-9-11-5-3-7-15-13(11)10-4-2-6-12(14)8-10;13-8-10-4-2-6-15-12(10)9-3-1-5-11(14)7-9;13-11-5-1-3-9(7-11)12-10(8-15)4-2-6-14-12;8-6-3-1-2-5(4-6)7(9)10;7-6-5(4-9)2-1-3-8-6;1-2;;;1-4(2)3/h2-8H,9H2,1H3;1-7H,8H2;1-7,15H,8H2;1-4,9-10H;1-3,9H,4H2;2H,1H3;2*1H4;. The van der Waals surface area contributed by atoms with Gasteiger partial charge in [-0.2, -0.15) is 0 Å². The summed E-state index contributed by atoms with van der Waals surface area (Å²) in [5.41, 5.74) is 9.50. The van der Waals surface area contributed by atoms with Crippen molar-refractivity contribution in [2.45, 2.75) is 40.6 Å². The van der Waals surface area contributed by atoms with E-state index in [1.165, 1.54) is 6.07 Å². The number of pyridine rings is 4. The fraction of sp³-hybridized carbons (Fsp3) is 0.154. The van der Waals surface area contributed by atoms with Crippen LogP contribution in [0.25, 0.3) is 33.8 Å². The molecule has 8 rings (SSSR count). The number of halogens is 8. The summed E-state index contributed by atoms with van der Waals surface area (Å²) >= 11 is 34.8. The lowest BCUT2D eigenvalue weighted by atomic mass is 9.81. The Morgan fingerprint density at radius 3 is 1.18 bits per heavy atom. The highest BCUT2D eigenvalue weighted by Crippen LogP contribution is 2.27. The highest BCUT2D eigenvalue weighted by atomic mass is 36.0. The van der Waals surface area contributed by atoms with E-state index in [2.05, 4.69) is 41.3 Å². The summed E-state index contributed by atoms with van der Waals surface area (Å²) < 4.78 is 14.2. The lowest BCUT2D eigenvalue weighted by Gasteiger charge is -2.07. The number of hydrogen-bond acceptors (Lipinski definition) is 11. The van der Waals surface area contributed by atoms with Crippen LogP contribution in [0.1, 0.15) is 37.1 Å². The van der Waals surface area contributed by atoms with Gasteiger partial charge in [0.1, 0.15) is 5.15 Å². The molecule has 0 amide bonds. The smallest absolute Gasteiger partial charge is 0.423 e. The summed E-state index contributed by atoms with van der Waals surface area (Å²) in [7, 11) is 8.60. The second-order valence-electron chi connectivity index (χ2n) is 13.5. The minimum atomic E-state index is -1.67. The van der Waals surface area contributed by atoms with Crippen LogP contribution in [-0.4, -0.2) is 70.9 Å². The van der Waals surface area contributed by atoms with Crippen LogP contribution < -0.4 is 5.46 Å². The maximum atomic E-state index is 9.18. The number of methoxy groups -OCH3 is 1. The third kappa shape index (κ3) is 26.7. The van der Waals surface area contributed by atoms with E-state index in [1.807, 2.05) is 103 Å². The van der Waals surface area contributed by atoms with Crippen molar-refractivity contribution in [1.29, 1.82) is 0 Å². The summed E-state index contributed by atoms with van der Waals surface area (Å²) in [6, 6.07) is 44.0. The molecule has 0 fully saturated rings. The molecular formula is C52H55BCl8N4O7S. The van der Waals surface area contributed by atoms with E-state index in [9.17, 15) is 5.11 Å². The molecule has 8 aromatic rings. The Bertz CT molecular complexity index is 2720. The summed E-state index contributed by atoms with van der Waals surface area (Å²) in [6.45, 7) is 0.484. The Morgan fingerprint density at radius 2 is 0.849 bits per heavy atom. The second-order valence-corrected chi connectivity index (χ2v) is 18.4. The first kappa shape index (κ1) is 68.8. The molecule has 0 saturated carbocycles. The Morgan fingerprint density at radius 1 is 0.507 bits per heavy atom. The van der Waals surface area contributed by atoms with Crippen LogP contribution in [0.4, 0.5) is 0 Å². The molecule has 5 N–H and O–H groups in total. The molecule has 21 heteroatoms. The van der Waals surface area contributed by atoms with Crippen molar-refractivity contribution >= 4 is 113 Å². The summed E-state index contributed by atoms with van der Waals surface area (Å²) in [6.07, 6.45) is 6.82. The van der Waals surface area contributed by atoms with Gasteiger partial charge in [-0.05, 0) is 83.8 Å². The molecule has 73 heavy (non-hydrogen) atoms. The van der Waals surface area contributed by atoms with Crippen LogP contribution >= 0.6 is 91.0 Å². The monoisotopic (exact) mass is 1170 g/mol. The lowest BCUT2D eigenvalue weighted by molar-refractivity contribution is 0.185. The third-order valence-corrected chi connectivity index (χ3v) is 10.3. The van der Waals surface area contributed by atoms with Crippen LogP contribution in [0, 0.1) is 0 Å². The van der Waals surface area contributed by atoms with Crippen molar-refractivity contribution in [3.8, 4) is 33.8 Å². The Hall–Kier alpha value is -4.23. The second kappa shape index (κ2) is 40.1. The van der Waals surface area contributed by atoms with Gasteiger partial charge in [0.05, 0.1) is 36.9 Å². The highest BCUT2D eigenvalue weighted by molar-refractivity contribution is 8.26. The number of nitrogens with zero attached hydrogens (tertiary/aromatic N) is 4. The number of aliphatic hydroxyl groups is 3. The minimum absolute atomic E-state index is 0. The van der Waals surface area contributed by atoms with E-state index in [1.54, 1.807) is 68.3 Å². The van der Waals surface area contributed by atoms with Crippen molar-refractivity contribution in [1.82, 2.24) is 19.9 Å². The molecule has 0 spiro atoms. The number of benzene rings is 4. The molecular weight excluding hydrogens is 1120 g/mol. The first-order valence-corrected chi connectivity index (χ1v) is 25.7. The van der Waals surface area contributed by atoms with Crippen LogP contribution in [-0.2, 0) is 39.7 Å². The Balaban J connectivity index is 0.000000869. The first-order valence-electron chi connectivity index (χ1n) is 20.5. The van der Waals surface area contributed by atoms with E-state index in [0.29, 0.717) is 48.8 Å². The van der Waals surface area contributed by atoms with Crippen LogP contribution in [0.3, 0.4) is 0 Å². The van der Waals surface area contributed by atoms with E-state index < -0.39 is 16.3 Å². The zero-order valence-corrected chi connectivity index (χ0v) is 44.7.